The zero-order chi connectivity index (χ0) is 29.1. The van der Waals surface area contributed by atoms with Crippen molar-refractivity contribution in [2.45, 2.75) is 50.7 Å². The van der Waals surface area contributed by atoms with Crippen LogP contribution in [0, 0.1) is 0 Å². The van der Waals surface area contributed by atoms with Gasteiger partial charge in [0.25, 0.3) is 5.91 Å². The SMILES string of the molecule is CN[C@H]1CC[C@H](N(Cc2cc(-c3ccc(OC(F)(F)F)cc3)ccc2OC)C(=O)c2sc3ccccc3c2Cl)CC1. The van der Waals surface area contributed by atoms with E-state index in [-0.39, 0.29) is 17.7 Å². The standard InChI is InChI=1S/C31H30ClF3N2O3S/c1-36-22-10-12-23(13-11-22)37(30(38)29-28(32)25-5-3-4-6-27(25)41-29)18-21-17-20(9-16-26(21)39-2)19-7-14-24(15-8-19)40-31(33,34)35/h3-9,14-17,22-23,36H,10-13,18H2,1-2H3/t22-,23-. The molecule has 5 rings (SSSR count). The van der Waals surface area contributed by atoms with Gasteiger partial charge in [0.2, 0.25) is 0 Å². The Morgan fingerprint density at radius 2 is 1.71 bits per heavy atom. The zero-order valence-corrected chi connectivity index (χ0v) is 24.2. The van der Waals surface area contributed by atoms with E-state index in [4.69, 9.17) is 16.3 Å². The Labute approximate surface area is 245 Å². The minimum atomic E-state index is -4.76. The second kappa shape index (κ2) is 12.3. The third kappa shape index (κ3) is 6.63. The third-order valence-corrected chi connectivity index (χ3v) is 9.24. The highest BCUT2D eigenvalue weighted by Crippen LogP contribution is 2.38. The van der Waals surface area contributed by atoms with Crippen LogP contribution in [-0.2, 0) is 6.54 Å². The van der Waals surface area contributed by atoms with Crippen LogP contribution in [0.1, 0.15) is 40.9 Å². The molecule has 0 atom stereocenters. The highest BCUT2D eigenvalue weighted by molar-refractivity contribution is 7.21. The molecule has 216 valence electrons. The minimum absolute atomic E-state index is 0.0144. The van der Waals surface area contributed by atoms with E-state index in [1.54, 1.807) is 19.2 Å². The van der Waals surface area contributed by atoms with Crippen LogP contribution in [0.4, 0.5) is 13.2 Å². The van der Waals surface area contributed by atoms with Crippen molar-refractivity contribution in [1.82, 2.24) is 10.2 Å². The van der Waals surface area contributed by atoms with E-state index in [9.17, 15) is 18.0 Å². The van der Waals surface area contributed by atoms with Crippen molar-refractivity contribution < 1.29 is 27.4 Å². The molecule has 1 aliphatic rings. The van der Waals surface area contributed by atoms with Crippen molar-refractivity contribution in [3.8, 4) is 22.6 Å². The number of amides is 1. The Kier molecular flexibility index (Phi) is 8.77. The molecule has 0 saturated heterocycles. The Bertz CT molecular complexity index is 1520. The van der Waals surface area contributed by atoms with Gasteiger partial charge in [-0.15, -0.1) is 24.5 Å². The Morgan fingerprint density at radius 1 is 1.02 bits per heavy atom. The molecule has 4 aromatic rings. The highest BCUT2D eigenvalue weighted by atomic mass is 35.5. The number of carbonyl (C=O) groups excluding carboxylic acids is 1. The number of ether oxygens (including phenoxy) is 2. The smallest absolute Gasteiger partial charge is 0.496 e. The van der Waals surface area contributed by atoms with Gasteiger partial charge >= 0.3 is 6.36 Å². The zero-order valence-electron chi connectivity index (χ0n) is 22.6. The van der Waals surface area contributed by atoms with E-state index < -0.39 is 6.36 Å². The number of alkyl halides is 3. The lowest BCUT2D eigenvalue weighted by Gasteiger charge is -2.37. The molecule has 10 heteroatoms. The van der Waals surface area contributed by atoms with E-state index in [0.717, 1.165) is 46.9 Å². The molecule has 1 heterocycles. The number of methoxy groups -OCH3 is 1. The molecule has 0 unspecified atom stereocenters. The molecule has 1 aromatic heterocycles. The van der Waals surface area contributed by atoms with Gasteiger partial charge in [0.15, 0.2) is 0 Å². The van der Waals surface area contributed by atoms with Crippen molar-refractivity contribution in [1.29, 1.82) is 0 Å². The van der Waals surface area contributed by atoms with E-state index in [1.807, 2.05) is 54.4 Å². The first kappa shape index (κ1) is 29.2. The number of nitrogens with zero attached hydrogens (tertiary/aromatic N) is 1. The number of benzene rings is 3. The minimum Gasteiger partial charge on any atom is -0.496 e. The van der Waals surface area contributed by atoms with Gasteiger partial charge in [-0.05, 0) is 74.2 Å². The second-order valence-corrected chi connectivity index (χ2v) is 11.5. The summed E-state index contributed by atoms with van der Waals surface area (Å²) in [6.07, 6.45) is -1.15. The normalized spacial score (nSPS) is 17.4. The maximum atomic E-state index is 14.2. The molecule has 1 fully saturated rings. The Morgan fingerprint density at radius 3 is 2.34 bits per heavy atom. The van der Waals surface area contributed by atoms with E-state index in [1.165, 1.54) is 23.5 Å². The molecular formula is C31H30ClF3N2O3S. The molecule has 1 N–H and O–H groups in total. The van der Waals surface area contributed by atoms with Crippen LogP contribution in [-0.4, -0.2) is 43.4 Å². The number of hydrogen-bond acceptors (Lipinski definition) is 5. The first-order chi connectivity index (χ1) is 19.7. The Hall–Kier alpha value is -3.27. The quantitative estimate of drug-likeness (QED) is 0.220. The maximum absolute atomic E-state index is 14.2. The number of fused-ring (bicyclic) bond motifs is 1. The maximum Gasteiger partial charge on any atom is 0.573 e. The topological polar surface area (TPSA) is 50.8 Å². The summed E-state index contributed by atoms with van der Waals surface area (Å²) < 4.78 is 48.5. The summed E-state index contributed by atoms with van der Waals surface area (Å²) in [4.78, 5) is 16.6. The van der Waals surface area contributed by atoms with Crippen molar-refractivity contribution in [2.24, 2.45) is 0 Å². The summed E-state index contributed by atoms with van der Waals surface area (Å²) in [6, 6.07) is 19.4. The molecule has 1 amide bonds. The molecule has 0 spiro atoms. The van der Waals surface area contributed by atoms with Gasteiger partial charge in [-0.2, -0.15) is 0 Å². The second-order valence-electron chi connectivity index (χ2n) is 10.1. The van der Waals surface area contributed by atoms with Gasteiger partial charge in [-0.3, -0.25) is 4.79 Å². The summed E-state index contributed by atoms with van der Waals surface area (Å²) in [5.74, 6) is 0.212. The van der Waals surface area contributed by atoms with Crippen molar-refractivity contribution >= 4 is 38.9 Å². The van der Waals surface area contributed by atoms with Crippen molar-refractivity contribution in [2.75, 3.05) is 14.2 Å². The lowest BCUT2D eigenvalue weighted by Crippen LogP contribution is -2.44. The number of hydrogen-bond donors (Lipinski definition) is 1. The van der Waals surface area contributed by atoms with Gasteiger partial charge in [0, 0.05) is 34.3 Å². The van der Waals surface area contributed by atoms with Crippen LogP contribution in [0.2, 0.25) is 5.02 Å². The number of nitrogens with one attached hydrogen (secondary N) is 1. The van der Waals surface area contributed by atoms with Crippen molar-refractivity contribution in [3.05, 3.63) is 82.2 Å². The van der Waals surface area contributed by atoms with E-state index in [0.29, 0.717) is 33.8 Å². The summed E-state index contributed by atoms with van der Waals surface area (Å²) >= 11 is 8.14. The lowest BCUT2D eigenvalue weighted by molar-refractivity contribution is -0.274. The predicted molar refractivity (Wildman–Crippen MR) is 157 cm³/mol. The third-order valence-electron chi connectivity index (χ3n) is 7.58. The molecule has 5 nitrogen and oxygen atoms in total. The fourth-order valence-electron chi connectivity index (χ4n) is 5.44. The number of halogens is 4. The molecule has 0 bridgehead atoms. The van der Waals surface area contributed by atoms with Crippen LogP contribution in [0.5, 0.6) is 11.5 Å². The first-order valence-electron chi connectivity index (χ1n) is 13.3. The molecular weight excluding hydrogens is 573 g/mol. The van der Waals surface area contributed by atoms with Crippen molar-refractivity contribution in [3.63, 3.8) is 0 Å². The summed E-state index contributed by atoms with van der Waals surface area (Å²) in [6.45, 7) is 0.296. The number of thiophene rings is 1. The van der Waals surface area contributed by atoms with E-state index >= 15 is 0 Å². The number of carbonyl (C=O) groups is 1. The molecule has 1 saturated carbocycles. The molecule has 3 aromatic carbocycles. The fourth-order valence-corrected chi connectivity index (χ4v) is 6.91. The number of rotatable bonds is 8. The molecule has 0 aliphatic heterocycles. The fraction of sp³-hybridized carbons (Fsp3) is 0.323. The van der Waals surface area contributed by atoms with Gasteiger partial charge in [-0.1, -0.05) is 48.0 Å². The van der Waals surface area contributed by atoms with Crippen LogP contribution >= 0.6 is 22.9 Å². The Balaban J connectivity index is 1.48. The molecule has 41 heavy (non-hydrogen) atoms. The summed E-state index contributed by atoms with van der Waals surface area (Å²) in [5.41, 5.74) is 2.29. The predicted octanol–water partition coefficient (Wildman–Crippen LogP) is 8.30. The van der Waals surface area contributed by atoms with Gasteiger partial charge in [0.1, 0.15) is 16.4 Å². The average Bonchev–Trinajstić information content (AvgIpc) is 3.31. The van der Waals surface area contributed by atoms with Crippen LogP contribution in [0.3, 0.4) is 0 Å². The van der Waals surface area contributed by atoms with Gasteiger partial charge in [-0.25, -0.2) is 0 Å². The molecule has 0 radical (unpaired) electrons. The highest BCUT2D eigenvalue weighted by Gasteiger charge is 2.33. The van der Waals surface area contributed by atoms with Crippen LogP contribution < -0.4 is 14.8 Å². The van der Waals surface area contributed by atoms with Crippen LogP contribution in [0.25, 0.3) is 21.2 Å². The van der Waals surface area contributed by atoms with Gasteiger partial charge < -0.3 is 19.7 Å². The summed E-state index contributed by atoms with van der Waals surface area (Å²) in [7, 11) is 3.54. The van der Waals surface area contributed by atoms with Gasteiger partial charge in [0.05, 0.1) is 12.1 Å². The average molecular weight is 603 g/mol. The van der Waals surface area contributed by atoms with Crippen LogP contribution in [0.15, 0.2) is 66.7 Å². The van der Waals surface area contributed by atoms with E-state index in [2.05, 4.69) is 10.1 Å². The monoisotopic (exact) mass is 602 g/mol. The molecule has 1 aliphatic carbocycles. The largest absolute Gasteiger partial charge is 0.573 e. The summed E-state index contributed by atoms with van der Waals surface area (Å²) in [5, 5.41) is 4.67. The first-order valence-corrected chi connectivity index (χ1v) is 14.5. The lowest BCUT2D eigenvalue weighted by atomic mass is 9.89.